The van der Waals surface area contributed by atoms with Crippen molar-refractivity contribution >= 4 is 28.5 Å². The standard InChI is InChI=1S/C14H17NO2S/c1-3-11-5-4-6-12(7-11)15-9-13(8-14(15)17)18-10(2)16/h4-7,13H,3,8-9H2,1-2H3. The summed E-state index contributed by atoms with van der Waals surface area (Å²) in [5.74, 6) is 0.113. The predicted octanol–water partition coefficient (Wildman–Crippen LogP) is 2.63. The van der Waals surface area contributed by atoms with Crippen LogP contribution in [0.4, 0.5) is 5.69 Å². The van der Waals surface area contributed by atoms with Gasteiger partial charge in [0.1, 0.15) is 0 Å². The molecule has 1 unspecified atom stereocenters. The number of nitrogens with zero attached hydrogens (tertiary/aromatic N) is 1. The second-order valence-electron chi connectivity index (χ2n) is 4.46. The molecule has 2 rings (SSSR count). The molecule has 0 saturated carbocycles. The Morgan fingerprint density at radius 1 is 1.50 bits per heavy atom. The van der Waals surface area contributed by atoms with Crippen molar-refractivity contribution in [2.75, 3.05) is 11.4 Å². The van der Waals surface area contributed by atoms with Crippen molar-refractivity contribution < 1.29 is 9.59 Å². The normalized spacial score (nSPS) is 19.3. The molecule has 3 nitrogen and oxygen atoms in total. The zero-order valence-corrected chi connectivity index (χ0v) is 11.5. The molecule has 1 amide bonds. The third-order valence-corrected chi connectivity index (χ3v) is 4.03. The van der Waals surface area contributed by atoms with Crippen molar-refractivity contribution in [3.05, 3.63) is 29.8 Å². The van der Waals surface area contributed by atoms with Crippen molar-refractivity contribution in [3.8, 4) is 0 Å². The number of rotatable bonds is 3. The first-order valence-corrected chi connectivity index (χ1v) is 7.04. The first-order chi connectivity index (χ1) is 8.60. The quantitative estimate of drug-likeness (QED) is 0.841. The molecule has 4 heteroatoms. The monoisotopic (exact) mass is 263 g/mol. The van der Waals surface area contributed by atoms with E-state index < -0.39 is 0 Å². The van der Waals surface area contributed by atoms with Crippen molar-refractivity contribution in [1.82, 2.24) is 0 Å². The van der Waals surface area contributed by atoms with E-state index in [9.17, 15) is 9.59 Å². The van der Waals surface area contributed by atoms with Gasteiger partial charge in [-0.05, 0) is 24.1 Å². The average molecular weight is 263 g/mol. The van der Waals surface area contributed by atoms with Gasteiger partial charge in [-0.2, -0.15) is 0 Å². The SMILES string of the molecule is CCc1cccc(N2CC(SC(C)=O)CC2=O)c1. The fourth-order valence-electron chi connectivity index (χ4n) is 2.18. The molecule has 1 aromatic carbocycles. The highest BCUT2D eigenvalue weighted by molar-refractivity contribution is 8.14. The van der Waals surface area contributed by atoms with Crippen LogP contribution in [0.3, 0.4) is 0 Å². The van der Waals surface area contributed by atoms with Crippen LogP contribution in [0.15, 0.2) is 24.3 Å². The summed E-state index contributed by atoms with van der Waals surface area (Å²) in [5, 5.41) is 0.178. The lowest BCUT2D eigenvalue weighted by molar-refractivity contribution is -0.117. The topological polar surface area (TPSA) is 37.4 Å². The zero-order valence-electron chi connectivity index (χ0n) is 10.7. The molecular weight excluding hydrogens is 246 g/mol. The second kappa shape index (κ2) is 5.57. The van der Waals surface area contributed by atoms with Gasteiger partial charge in [-0.1, -0.05) is 30.8 Å². The van der Waals surface area contributed by atoms with Crippen LogP contribution < -0.4 is 4.90 Å². The van der Waals surface area contributed by atoms with Gasteiger partial charge in [-0.25, -0.2) is 0 Å². The Bertz CT molecular complexity index is 473. The fourth-order valence-corrected chi connectivity index (χ4v) is 3.10. The van der Waals surface area contributed by atoms with Crippen LogP contribution in [0.5, 0.6) is 0 Å². The van der Waals surface area contributed by atoms with Crippen LogP contribution in [0.25, 0.3) is 0 Å². The first-order valence-electron chi connectivity index (χ1n) is 6.16. The molecule has 1 saturated heterocycles. The average Bonchev–Trinajstić information content (AvgIpc) is 2.69. The smallest absolute Gasteiger partial charge is 0.228 e. The highest BCUT2D eigenvalue weighted by Crippen LogP contribution is 2.29. The summed E-state index contributed by atoms with van der Waals surface area (Å²) in [7, 11) is 0. The Hall–Kier alpha value is -1.29. The molecule has 1 heterocycles. The summed E-state index contributed by atoms with van der Waals surface area (Å²) in [4.78, 5) is 24.8. The predicted molar refractivity (Wildman–Crippen MR) is 74.9 cm³/mol. The molecule has 0 N–H and O–H groups in total. The van der Waals surface area contributed by atoms with Gasteiger partial charge in [0.25, 0.3) is 0 Å². The van der Waals surface area contributed by atoms with Gasteiger partial charge >= 0.3 is 0 Å². The number of carbonyl (C=O) groups excluding carboxylic acids is 2. The number of hydrogen-bond acceptors (Lipinski definition) is 3. The molecule has 1 fully saturated rings. The van der Waals surface area contributed by atoms with E-state index in [1.165, 1.54) is 17.3 Å². The van der Waals surface area contributed by atoms with Gasteiger partial charge in [-0.15, -0.1) is 0 Å². The van der Waals surface area contributed by atoms with Gasteiger partial charge in [-0.3, -0.25) is 9.59 Å². The number of hydrogen-bond donors (Lipinski definition) is 0. The van der Waals surface area contributed by atoms with E-state index in [0.717, 1.165) is 12.1 Å². The summed E-state index contributed by atoms with van der Waals surface area (Å²) >= 11 is 1.27. The number of thioether (sulfide) groups is 1. The van der Waals surface area contributed by atoms with Crippen LogP contribution in [-0.2, 0) is 16.0 Å². The summed E-state index contributed by atoms with van der Waals surface area (Å²) < 4.78 is 0. The Labute approximate surface area is 112 Å². The van der Waals surface area contributed by atoms with Crippen LogP contribution in [0, 0.1) is 0 Å². The maximum absolute atomic E-state index is 12.0. The Balaban J connectivity index is 2.13. The third-order valence-electron chi connectivity index (χ3n) is 3.05. The van der Waals surface area contributed by atoms with Crippen molar-refractivity contribution in [2.45, 2.75) is 31.9 Å². The number of carbonyl (C=O) groups is 2. The van der Waals surface area contributed by atoms with E-state index in [4.69, 9.17) is 0 Å². The van der Waals surface area contributed by atoms with E-state index in [-0.39, 0.29) is 16.3 Å². The van der Waals surface area contributed by atoms with Gasteiger partial charge < -0.3 is 4.90 Å². The minimum atomic E-state index is 0.0805. The van der Waals surface area contributed by atoms with Crippen LogP contribution in [-0.4, -0.2) is 22.8 Å². The molecule has 0 aromatic heterocycles. The van der Waals surface area contributed by atoms with Crippen LogP contribution in [0.2, 0.25) is 0 Å². The number of aryl methyl sites for hydroxylation is 1. The third kappa shape index (κ3) is 2.93. The summed E-state index contributed by atoms with van der Waals surface area (Å²) in [6, 6.07) is 8.05. The van der Waals surface area contributed by atoms with Crippen LogP contribution in [0.1, 0.15) is 25.8 Å². The number of anilines is 1. The minimum absolute atomic E-state index is 0.0805. The van der Waals surface area contributed by atoms with E-state index in [1.807, 2.05) is 12.1 Å². The van der Waals surface area contributed by atoms with Crippen LogP contribution >= 0.6 is 11.8 Å². The largest absolute Gasteiger partial charge is 0.311 e. The minimum Gasteiger partial charge on any atom is -0.311 e. The van der Waals surface area contributed by atoms with Crippen molar-refractivity contribution in [2.24, 2.45) is 0 Å². The molecule has 0 radical (unpaired) electrons. The molecule has 0 bridgehead atoms. The van der Waals surface area contributed by atoms with Crippen molar-refractivity contribution in [1.29, 1.82) is 0 Å². The Morgan fingerprint density at radius 3 is 2.94 bits per heavy atom. The molecule has 0 aliphatic carbocycles. The van der Waals surface area contributed by atoms with Gasteiger partial charge in [0.2, 0.25) is 5.91 Å². The molecule has 1 atom stereocenters. The highest BCUT2D eigenvalue weighted by atomic mass is 32.2. The van der Waals surface area contributed by atoms with Gasteiger partial charge in [0, 0.05) is 30.8 Å². The Morgan fingerprint density at radius 2 is 2.28 bits per heavy atom. The summed E-state index contributed by atoms with van der Waals surface area (Å²) in [6.45, 7) is 4.28. The maximum Gasteiger partial charge on any atom is 0.228 e. The molecular formula is C14H17NO2S. The number of benzene rings is 1. The first kappa shape index (κ1) is 13.1. The zero-order chi connectivity index (χ0) is 13.1. The van der Waals surface area contributed by atoms with Gasteiger partial charge in [0.05, 0.1) is 0 Å². The number of amides is 1. The van der Waals surface area contributed by atoms with E-state index >= 15 is 0 Å². The maximum atomic E-state index is 12.0. The molecule has 18 heavy (non-hydrogen) atoms. The molecule has 1 aliphatic rings. The molecule has 1 aromatic rings. The van der Waals surface area contributed by atoms with Gasteiger partial charge in [0.15, 0.2) is 5.12 Å². The summed E-state index contributed by atoms with van der Waals surface area (Å²) in [5.41, 5.74) is 2.17. The van der Waals surface area contributed by atoms with E-state index in [2.05, 4.69) is 19.1 Å². The molecule has 1 aliphatic heterocycles. The second-order valence-corrected chi connectivity index (χ2v) is 5.94. The van der Waals surface area contributed by atoms with Crippen molar-refractivity contribution in [3.63, 3.8) is 0 Å². The lowest BCUT2D eigenvalue weighted by atomic mass is 10.1. The summed E-state index contributed by atoms with van der Waals surface area (Å²) in [6.07, 6.45) is 1.42. The van der Waals surface area contributed by atoms with E-state index in [1.54, 1.807) is 11.8 Å². The lowest BCUT2D eigenvalue weighted by Gasteiger charge is -2.17. The van der Waals surface area contributed by atoms with E-state index in [0.29, 0.717) is 13.0 Å². The fraction of sp³-hybridized carbons (Fsp3) is 0.429. The molecule has 0 spiro atoms. The Kier molecular flexibility index (Phi) is 4.07. The lowest BCUT2D eigenvalue weighted by Crippen LogP contribution is -2.24. The molecule has 96 valence electrons. The highest BCUT2D eigenvalue weighted by Gasteiger charge is 2.31.